The molecule has 0 spiro atoms. The first-order valence-corrected chi connectivity index (χ1v) is 12.4. The molecule has 0 atom stereocenters. The molecule has 0 aliphatic carbocycles. The van der Waals surface area contributed by atoms with E-state index in [-0.39, 0.29) is 18.1 Å². The fraction of sp³-hybridized carbons (Fsp3) is 0.179. The summed E-state index contributed by atoms with van der Waals surface area (Å²) >= 11 is 3.45. The zero-order valence-electron chi connectivity index (χ0n) is 20.0. The molecule has 0 aliphatic rings. The quantitative estimate of drug-likeness (QED) is 0.297. The minimum absolute atomic E-state index is 0.0459. The zero-order chi connectivity index (χ0) is 25.8. The van der Waals surface area contributed by atoms with E-state index in [2.05, 4.69) is 21.4 Å². The molecule has 7 nitrogen and oxygen atoms in total. The molecule has 2 N–H and O–H groups in total. The number of aromatic nitrogens is 1. The van der Waals surface area contributed by atoms with Crippen molar-refractivity contribution >= 4 is 38.6 Å². The molecule has 3 aromatic carbocycles. The molecule has 0 unspecified atom stereocenters. The maximum absolute atomic E-state index is 13.5. The smallest absolute Gasteiger partial charge is 0.353 e. The topological polar surface area (TPSA) is 91.6 Å². The molecule has 0 saturated heterocycles. The van der Waals surface area contributed by atoms with E-state index in [9.17, 15) is 19.5 Å². The van der Waals surface area contributed by atoms with Crippen molar-refractivity contribution in [1.29, 1.82) is 0 Å². The minimum Gasteiger partial charge on any atom is -0.477 e. The number of hydrazine groups is 1. The number of aromatic carboxylic acids is 1. The number of hydrogen-bond donors (Lipinski definition) is 2. The van der Waals surface area contributed by atoms with Crippen molar-refractivity contribution in [3.63, 3.8) is 0 Å². The number of benzene rings is 3. The molecule has 0 aliphatic heterocycles. The summed E-state index contributed by atoms with van der Waals surface area (Å²) in [6.45, 7) is 5.32. The van der Waals surface area contributed by atoms with E-state index in [1.165, 1.54) is 4.57 Å². The summed E-state index contributed by atoms with van der Waals surface area (Å²) in [6.07, 6.45) is 0. The summed E-state index contributed by atoms with van der Waals surface area (Å²) in [4.78, 5) is 38.6. The van der Waals surface area contributed by atoms with Gasteiger partial charge in [0.1, 0.15) is 5.69 Å². The number of nitrogens with zero attached hydrogens (tertiary/aromatic N) is 2. The molecule has 0 saturated carbocycles. The second kappa shape index (κ2) is 10.9. The Bertz CT molecular complexity index is 1480. The van der Waals surface area contributed by atoms with E-state index in [0.717, 1.165) is 4.47 Å². The molecular weight excluding hydrogens is 522 g/mol. The van der Waals surface area contributed by atoms with Crippen LogP contribution in [-0.4, -0.2) is 39.6 Å². The molecule has 8 heteroatoms. The molecule has 4 rings (SSSR count). The van der Waals surface area contributed by atoms with E-state index in [0.29, 0.717) is 46.1 Å². The average molecular weight is 548 g/mol. The second-order valence-corrected chi connectivity index (χ2v) is 9.20. The highest BCUT2D eigenvalue weighted by Gasteiger charge is 2.23. The van der Waals surface area contributed by atoms with Gasteiger partial charge in [0.05, 0.1) is 6.54 Å². The Morgan fingerprint density at radius 3 is 2.22 bits per heavy atom. The first kappa shape index (κ1) is 25.3. The van der Waals surface area contributed by atoms with Crippen LogP contribution in [0.25, 0.3) is 21.9 Å². The number of carboxylic acids is 1. The number of amides is 1. The van der Waals surface area contributed by atoms with E-state index in [1.807, 2.05) is 44.2 Å². The number of rotatable bonds is 8. The monoisotopic (exact) mass is 547 g/mol. The number of carbonyl (C=O) groups is 2. The van der Waals surface area contributed by atoms with Gasteiger partial charge in [0.25, 0.3) is 11.5 Å². The largest absolute Gasteiger partial charge is 0.477 e. The van der Waals surface area contributed by atoms with Gasteiger partial charge < -0.3 is 5.11 Å². The van der Waals surface area contributed by atoms with Crippen molar-refractivity contribution in [2.75, 3.05) is 13.1 Å². The van der Waals surface area contributed by atoms with Crippen LogP contribution in [0.1, 0.15) is 40.3 Å². The lowest BCUT2D eigenvalue weighted by Gasteiger charge is -2.19. The summed E-state index contributed by atoms with van der Waals surface area (Å²) in [5.41, 5.74) is 4.73. The lowest BCUT2D eigenvalue weighted by atomic mass is 9.96. The van der Waals surface area contributed by atoms with Crippen LogP contribution in [0.5, 0.6) is 0 Å². The van der Waals surface area contributed by atoms with Crippen LogP contribution in [0.15, 0.2) is 82.1 Å². The number of carboxylic acid groups (broad SMARTS) is 1. The van der Waals surface area contributed by atoms with Crippen molar-refractivity contribution < 1.29 is 14.7 Å². The van der Waals surface area contributed by atoms with Gasteiger partial charge in [-0.15, -0.1) is 0 Å². The predicted octanol–water partition coefficient (Wildman–Crippen LogP) is 5.16. The van der Waals surface area contributed by atoms with Gasteiger partial charge in [0, 0.05) is 34.1 Å². The number of carbonyl (C=O) groups excluding carboxylic acids is 1. The van der Waals surface area contributed by atoms with Crippen molar-refractivity contribution in [2.24, 2.45) is 0 Å². The van der Waals surface area contributed by atoms with Crippen molar-refractivity contribution in [1.82, 2.24) is 15.0 Å². The molecule has 36 heavy (non-hydrogen) atoms. The van der Waals surface area contributed by atoms with Crippen LogP contribution in [0.3, 0.4) is 0 Å². The Hall–Kier alpha value is -3.75. The third-order valence-corrected chi connectivity index (χ3v) is 6.57. The van der Waals surface area contributed by atoms with Gasteiger partial charge in [0.2, 0.25) is 0 Å². The molecule has 0 bridgehead atoms. The van der Waals surface area contributed by atoms with Crippen LogP contribution in [0.4, 0.5) is 0 Å². The predicted molar refractivity (Wildman–Crippen MR) is 144 cm³/mol. The molecule has 1 aromatic heterocycles. The second-order valence-electron chi connectivity index (χ2n) is 8.29. The summed E-state index contributed by atoms with van der Waals surface area (Å²) in [5.74, 6) is -1.42. The number of fused-ring (bicyclic) bond motifs is 1. The highest BCUT2D eigenvalue weighted by atomic mass is 79.9. The minimum atomic E-state index is -1.19. The fourth-order valence-electron chi connectivity index (χ4n) is 4.22. The highest BCUT2D eigenvalue weighted by molar-refractivity contribution is 9.10. The van der Waals surface area contributed by atoms with Crippen LogP contribution < -0.4 is 11.0 Å². The third kappa shape index (κ3) is 5.10. The maximum atomic E-state index is 13.5. The van der Waals surface area contributed by atoms with Crippen molar-refractivity contribution in [3.8, 4) is 11.1 Å². The molecule has 4 aromatic rings. The van der Waals surface area contributed by atoms with Crippen LogP contribution in [0, 0.1) is 0 Å². The first-order valence-electron chi connectivity index (χ1n) is 11.6. The zero-order valence-corrected chi connectivity index (χ0v) is 21.6. The standard InChI is InChI=1S/C28H26BrN3O4/c1-3-31(4-2)30-26(33)20-12-10-18(11-13-20)17-32-25(28(35)36)24(19-8-6-5-7-9-19)23-16-21(29)14-15-22(23)27(32)34/h5-16H,3-4,17H2,1-2H3,(H,30,33)(H,35,36). The van der Waals surface area contributed by atoms with Crippen LogP contribution in [0.2, 0.25) is 0 Å². The van der Waals surface area contributed by atoms with Crippen LogP contribution in [-0.2, 0) is 6.54 Å². The van der Waals surface area contributed by atoms with E-state index in [4.69, 9.17) is 0 Å². The number of pyridine rings is 1. The van der Waals surface area contributed by atoms with Gasteiger partial charge in [-0.1, -0.05) is 72.2 Å². The normalized spacial score (nSPS) is 11.1. The number of halogens is 1. The fourth-order valence-corrected chi connectivity index (χ4v) is 4.58. The molecule has 1 heterocycles. The Labute approximate surface area is 217 Å². The number of hydrogen-bond acceptors (Lipinski definition) is 4. The number of nitrogens with one attached hydrogen (secondary N) is 1. The SMILES string of the molecule is CCN(CC)NC(=O)c1ccc(Cn2c(C(=O)O)c(-c3ccccc3)c3cc(Br)ccc3c2=O)cc1. The van der Waals surface area contributed by atoms with E-state index >= 15 is 0 Å². The summed E-state index contributed by atoms with van der Waals surface area (Å²) < 4.78 is 2.05. The Kier molecular flexibility index (Phi) is 7.67. The van der Waals surface area contributed by atoms with Crippen molar-refractivity contribution in [3.05, 3.63) is 104 Å². The van der Waals surface area contributed by atoms with Crippen molar-refractivity contribution in [2.45, 2.75) is 20.4 Å². The summed E-state index contributed by atoms with van der Waals surface area (Å²) in [7, 11) is 0. The molecular formula is C28H26BrN3O4. The lowest BCUT2D eigenvalue weighted by Crippen LogP contribution is -2.41. The van der Waals surface area contributed by atoms with Gasteiger partial charge in [0.15, 0.2) is 0 Å². The average Bonchev–Trinajstić information content (AvgIpc) is 2.89. The van der Waals surface area contributed by atoms with E-state index in [1.54, 1.807) is 47.5 Å². The Morgan fingerprint density at radius 2 is 1.61 bits per heavy atom. The molecule has 0 radical (unpaired) electrons. The van der Waals surface area contributed by atoms with Gasteiger partial charge in [-0.05, 0) is 46.8 Å². The van der Waals surface area contributed by atoms with Gasteiger partial charge in [-0.3, -0.25) is 19.6 Å². The highest BCUT2D eigenvalue weighted by Crippen LogP contribution is 2.32. The molecule has 184 valence electrons. The first-order chi connectivity index (χ1) is 17.3. The molecule has 1 amide bonds. The van der Waals surface area contributed by atoms with Gasteiger partial charge >= 0.3 is 5.97 Å². The third-order valence-electron chi connectivity index (χ3n) is 6.08. The Morgan fingerprint density at radius 1 is 0.944 bits per heavy atom. The Balaban J connectivity index is 1.82. The summed E-state index contributed by atoms with van der Waals surface area (Å²) in [6, 6.07) is 21.3. The summed E-state index contributed by atoms with van der Waals surface area (Å²) in [5, 5.41) is 13.1. The van der Waals surface area contributed by atoms with Gasteiger partial charge in [-0.25, -0.2) is 9.80 Å². The van der Waals surface area contributed by atoms with Gasteiger partial charge in [-0.2, -0.15) is 0 Å². The maximum Gasteiger partial charge on any atom is 0.353 e. The lowest BCUT2D eigenvalue weighted by molar-refractivity contribution is 0.0684. The molecule has 0 fully saturated rings. The van der Waals surface area contributed by atoms with E-state index < -0.39 is 11.5 Å². The van der Waals surface area contributed by atoms with Crippen LogP contribution >= 0.6 is 15.9 Å².